The Morgan fingerprint density at radius 2 is 2.50 bits per heavy atom. The summed E-state index contributed by atoms with van der Waals surface area (Å²) < 4.78 is 0.946. The molecule has 1 amide bonds. The smallest absolute Gasteiger partial charge is 0.252 e. The van der Waals surface area contributed by atoms with E-state index >= 15 is 0 Å². The molecule has 0 spiro atoms. The highest BCUT2D eigenvalue weighted by Crippen LogP contribution is 2.20. The molecule has 0 saturated heterocycles. The van der Waals surface area contributed by atoms with Gasteiger partial charge in [-0.25, -0.2) is 0 Å². The van der Waals surface area contributed by atoms with Crippen molar-refractivity contribution in [3.63, 3.8) is 0 Å². The van der Waals surface area contributed by atoms with Gasteiger partial charge in [-0.1, -0.05) is 0 Å². The molecule has 0 aliphatic rings. The van der Waals surface area contributed by atoms with Crippen molar-refractivity contribution in [3.05, 3.63) is 20.8 Å². The molecule has 6 heteroatoms. The molecule has 1 rings (SSSR count). The molecule has 1 heterocycles. The summed E-state index contributed by atoms with van der Waals surface area (Å²) >= 11 is 6.47. The van der Waals surface area contributed by atoms with E-state index in [1.165, 1.54) is 11.3 Å². The van der Waals surface area contributed by atoms with Gasteiger partial charge in [-0.05, 0) is 34.7 Å². The van der Waals surface area contributed by atoms with Crippen LogP contribution in [0, 0.1) is 0 Å². The molecular formula is C10H14BrNO2S2. The number of halogens is 1. The number of aliphatic hydroxyl groups excluding tert-OH is 1. The molecule has 1 unspecified atom stereocenters. The van der Waals surface area contributed by atoms with E-state index in [4.69, 9.17) is 5.11 Å². The minimum absolute atomic E-state index is 0.0335. The normalized spacial score (nSPS) is 12.4. The van der Waals surface area contributed by atoms with Crippen LogP contribution in [0.15, 0.2) is 15.2 Å². The van der Waals surface area contributed by atoms with Crippen molar-refractivity contribution < 1.29 is 9.90 Å². The van der Waals surface area contributed by atoms with E-state index in [1.807, 2.05) is 11.6 Å². The molecule has 0 aliphatic carbocycles. The summed E-state index contributed by atoms with van der Waals surface area (Å²) in [5, 5.41) is 13.6. The van der Waals surface area contributed by atoms with Crippen LogP contribution in [0.5, 0.6) is 0 Å². The quantitative estimate of drug-likeness (QED) is 0.844. The first-order chi connectivity index (χ1) is 7.67. The minimum Gasteiger partial charge on any atom is -0.396 e. The number of amides is 1. The van der Waals surface area contributed by atoms with Crippen molar-refractivity contribution in [2.75, 3.05) is 18.6 Å². The Hall–Kier alpha value is -0.0400. The first-order valence-corrected chi connectivity index (χ1v) is 7.88. The number of thiophene rings is 1. The summed E-state index contributed by atoms with van der Waals surface area (Å²) in [6.45, 7) is 0.0961. The Bertz CT molecular complexity index is 337. The van der Waals surface area contributed by atoms with E-state index in [9.17, 15) is 4.79 Å². The van der Waals surface area contributed by atoms with E-state index in [-0.39, 0.29) is 18.6 Å². The van der Waals surface area contributed by atoms with Gasteiger partial charge >= 0.3 is 0 Å². The Labute approximate surface area is 112 Å². The molecule has 0 fully saturated rings. The van der Waals surface area contributed by atoms with Gasteiger partial charge in [0.2, 0.25) is 0 Å². The third kappa shape index (κ3) is 4.45. The van der Waals surface area contributed by atoms with Crippen LogP contribution in [-0.4, -0.2) is 35.7 Å². The fourth-order valence-corrected chi connectivity index (χ4v) is 3.04. The maximum Gasteiger partial charge on any atom is 0.252 e. The van der Waals surface area contributed by atoms with Crippen molar-refractivity contribution in [1.29, 1.82) is 0 Å². The van der Waals surface area contributed by atoms with Gasteiger partial charge < -0.3 is 10.4 Å². The van der Waals surface area contributed by atoms with Crippen LogP contribution in [0.3, 0.4) is 0 Å². The summed E-state index contributed by atoms with van der Waals surface area (Å²) in [5.74, 6) is 0.742. The highest BCUT2D eigenvalue weighted by atomic mass is 79.9. The highest BCUT2D eigenvalue weighted by molar-refractivity contribution is 9.11. The maximum absolute atomic E-state index is 11.8. The summed E-state index contributed by atoms with van der Waals surface area (Å²) in [5.41, 5.74) is 0.668. The lowest BCUT2D eigenvalue weighted by Gasteiger charge is -2.15. The lowest BCUT2D eigenvalue weighted by molar-refractivity contribution is 0.0935. The molecule has 90 valence electrons. The number of aliphatic hydroxyl groups is 1. The number of thioether (sulfide) groups is 1. The molecular weight excluding hydrogens is 310 g/mol. The van der Waals surface area contributed by atoms with E-state index in [2.05, 4.69) is 21.2 Å². The predicted molar refractivity (Wildman–Crippen MR) is 73.4 cm³/mol. The second-order valence-corrected chi connectivity index (χ2v) is 6.48. The summed E-state index contributed by atoms with van der Waals surface area (Å²) in [6, 6.07) is 1.83. The molecule has 1 aromatic heterocycles. The number of hydrogen-bond acceptors (Lipinski definition) is 4. The number of rotatable bonds is 6. The predicted octanol–water partition coefficient (Wildman–Crippen LogP) is 2.35. The molecule has 0 aliphatic heterocycles. The summed E-state index contributed by atoms with van der Waals surface area (Å²) in [4.78, 5) is 11.8. The maximum atomic E-state index is 11.8. The second-order valence-electron chi connectivity index (χ2n) is 3.28. The molecule has 16 heavy (non-hydrogen) atoms. The van der Waals surface area contributed by atoms with Crippen LogP contribution in [0.25, 0.3) is 0 Å². The van der Waals surface area contributed by atoms with Crippen molar-refractivity contribution in [1.82, 2.24) is 5.32 Å². The minimum atomic E-state index is -0.0746. The molecule has 0 aromatic carbocycles. The number of carbonyl (C=O) groups excluding carboxylic acids is 1. The highest BCUT2D eigenvalue weighted by Gasteiger charge is 2.13. The molecule has 2 N–H and O–H groups in total. The zero-order chi connectivity index (χ0) is 12.0. The van der Waals surface area contributed by atoms with Gasteiger partial charge in [0.25, 0.3) is 5.91 Å². The SMILES string of the molecule is CSCC(CCO)NC(=O)c1csc(Br)c1. The van der Waals surface area contributed by atoms with E-state index in [0.717, 1.165) is 9.54 Å². The standard InChI is InChI=1S/C10H14BrNO2S2/c1-15-6-8(2-3-13)12-10(14)7-4-9(11)16-5-7/h4-5,8,13H,2-3,6H2,1H3,(H,12,14). The van der Waals surface area contributed by atoms with Crippen molar-refractivity contribution in [3.8, 4) is 0 Å². The van der Waals surface area contributed by atoms with Crippen molar-refractivity contribution in [2.45, 2.75) is 12.5 Å². The van der Waals surface area contributed by atoms with Crippen LogP contribution in [0.2, 0.25) is 0 Å². The van der Waals surface area contributed by atoms with Gasteiger partial charge in [-0.3, -0.25) is 4.79 Å². The molecule has 0 bridgehead atoms. The van der Waals surface area contributed by atoms with Crippen LogP contribution in [0.4, 0.5) is 0 Å². The van der Waals surface area contributed by atoms with E-state index in [1.54, 1.807) is 17.8 Å². The third-order valence-corrected chi connectivity index (χ3v) is 4.25. The Morgan fingerprint density at radius 1 is 1.75 bits per heavy atom. The van der Waals surface area contributed by atoms with Gasteiger partial charge in [0, 0.05) is 23.8 Å². The third-order valence-electron chi connectivity index (χ3n) is 2.01. The number of nitrogens with one attached hydrogen (secondary N) is 1. The first-order valence-electron chi connectivity index (χ1n) is 4.82. The van der Waals surface area contributed by atoms with Gasteiger partial charge in [0.1, 0.15) is 0 Å². The Kier molecular flexibility index (Phi) is 6.41. The van der Waals surface area contributed by atoms with Gasteiger partial charge in [0.05, 0.1) is 9.35 Å². The average Bonchev–Trinajstić information content (AvgIpc) is 2.65. The fourth-order valence-electron chi connectivity index (χ4n) is 1.25. The lowest BCUT2D eigenvalue weighted by atomic mass is 10.2. The number of hydrogen-bond donors (Lipinski definition) is 2. The topological polar surface area (TPSA) is 49.3 Å². The first kappa shape index (κ1) is 14.0. The van der Waals surface area contributed by atoms with Crippen molar-refractivity contribution >= 4 is 44.9 Å². The van der Waals surface area contributed by atoms with Crippen LogP contribution < -0.4 is 5.32 Å². The van der Waals surface area contributed by atoms with E-state index in [0.29, 0.717) is 12.0 Å². The monoisotopic (exact) mass is 323 g/mol. The molecule has 1 atom stereocenters. The van der Waals surface area contributed by atoms with Crippen LogP contribution in [-0.2, 0) is 0 Å². The van der Waals surface area contributed by atoms with Crippen LogP contribution in [0.1, 0.15) is 16.8 Å². The summed E-state index contributed by atoms with van der Waals surface area (Å²) in [7, 11) is 0. The van der Waals surface area contributed by atoms with Crippen LogP contribution >= 0.6 is 39.0 Å². The second kappa shape index (κ2) is 7.32. The number of carbonyl (C=O) groups is 1. The van der Waals surface area contributed by atoms with Gasteiger partial charge in [0.15, 0.2) is 0 Å². The molecule has 0 saturated carbocycles. The lowest BCUT2D eigenvalue weighted by Crippen LogP contribution is -2.37. The Balaban J connectivity index is 2.54. The molecule has 1 aromatic rings. The largest absolute Gasteiger partial charge is 0.396 e. The zero-order valence-electron chi connectivity index (χ0n) is 8.90. The zero-order valence-corrected chi connectivity index (χ0v) is 12.1. The van der Waals surface area contributed by atoms with E-state index < -0.39 is 0 Å². The fraction of sp³-hybridized carbons (Fsp3) is 0.500. The molecule has 0 radical (unpaired) electrons. The van der Waals surface area contributed by atoms with Gasteiger partial charge in [-0.15, -0.1) is 11.3 Å². The van der Waals surface area contributed by atoms with Gasteiger partial charge in [-0.2, -0.15) is 11.8 Å². The molecule has 3 nitrogen and oxygen atoms in total. The summed E-state index contributed by atoms with van der Waals surface area (Å²) in [6.07, 6.45) is 2.58. The van der Waals surface area contributed by atoms with Crippen molar-refractivity contribution in [2.24, 2.45) is 0 Å². The average molecular weight is 324 g/mol. The Morgan fingerprint density at radius 3 is 3.00 bits per heavy atom.